The molecule has 0 bridgehead atoms. The molecule has 1 atom stereocenters. The van der Waals surface area contributed by atoms with Crippen LogP contribution < -0.4 is 5.32 Å². The first-order valence-corrected chi connectivity index (χ1v) is 9.06. The fourth-order valence-electron chi connectivity index (χ4n) is 2.68. The average molecular weight is 467 g/mol. The van der Waals surface area contributed by atoms with Crippen LogP contribution in [0.1, 0.15) is 24.5 Å². The van der Waals surface area contributed by atoms with E-state index >= 15 is 0 Å². The van der Waals surface area contributed by atoms with Gasteiger partial charge in [-0.15, -0.1) is 24.0 Å². The Morgan fingerprint density at radius 3 is 2.96 bits per heavy atom. The lowest BCUT2D eigenvalue weighted by atomic mass is 10.1. The molecule has 1 aliphatic heterocycles. The van der Waals surface area contributed by atoms with Crippen molar-refractivity contribution in [2.24, 2.45) is 4.99 Å². The Balaban J connectivity index is 0.00000288. The number of guanidine groups is 1. The summed E-state index contributed by atoms with van der Waals surface area (Å²) < 4.78 is 18.7. The molecule has 1 N–H and O–H groups in total. The largest absolute Gasteiger partial charge is 0.380 e. The Labute approximate surface area is 165 Å². The van der Waals surface area contributed by atoms with Crippen molar-refractivity contribution < 1.29 is 9.13 Å². The lowest BCUT2D eigenvalue weighted by molar-refractivity contribution is 0.181. The van der Waals surface area contributed by atoms with Gasteiger partial charge in [0.05, 0.1) is 6.61 Å². The Morgan fingerprint density at radius 2 is 2.29 bits per heavy atom. The fourth-order valence-corrected chi connectivity index (χ4v) is 3.86. The van der Waals surface area contributed by atoms with Crippen molar-refractivity contribution in [2.75, 3.05) is 33.0 Å². The maximum atomic E-state index is 13.7. The van der Waals surface area contributed by atoms with Crippen LogP contribution in [0.5, 0.6) is 0 Å². The second-order valence-electron chi connectivity index (χ2n) is 5.61. The van der Waals surface area contributed by atoms with Gasteiger partial charge < -0.3 is 15.0 Å². The molecular formula is C17H27FIN3OS. The van der Waals surface area contributed by atoms with Crippen molar-refractivity contribution in [3.8, 4) is 0 Å². The summed E-state index contributed by atoms with van der Waals surface area (Å²) in [6, 6.07) is 5.15. The monoisotopic (exact) mass is 467 g/mol. The van der Waals surface area contributed by atoms with Gasteiger partial charge in [-0.2, -0.15) is 11.8 Å². The Hall–Kier alpha value is -0.540. The van der Waals surface area contributed by atoms with Gasteiger partial charge in [-0.1, -0.05) is 13.0 Å². The van der Waals surface area contributed by atoms with E-state index in [2.05, 4.69) is 22.1 Å². The number of rotatable bonds is 5. The number of nitrogens with zero attached hydrogens (tertiary/aromatic N) is 2. The van der Waals surface area contributed by atoms with Crippen molar-refractivity contribution >= 4 is 41.7 Å². The zero-order valence-corrected chi connectivity index (χ0v) is 17.7. The fraction of sp³-hybridized carbons (Fsp3) is 0.588. The van der Waals surface area contributed by atoms with E-state index in [1.165, 1.54) is 12.5 Å². The van der Waals surface area contributed by atoms with Crippen LogP contribution in [0.25, 0.3) is 0 Å². The van der Waals surface area contributed by atoms with Gasteiger partial charge in [-0.3, -0.25) is 4.99 Å². The highest BCUT2D eigenvalue weighted by atomic mass is 127. The van der Waals surface area contributed by atoms with E-state index in [0.717, 1.165) is 30.4 Å². The minimum absolute atomic E-state index is 0. The van der Waals surface area contributed by atoms with Gasteiger partial charge >= 0.3 is 0 Å². The molecule has 7 heteroatoms. The molecule has 1 fully saturated rings. The zero-order chi connectivity index (χ0) is 16.7. The van der Waals surface area contributed by atoms with Crippen LogP contribution in [0.3, 0.4) is 0 Å². The van der Waals surface area contributed by atoms with E-state index in [1.807, 2.05) is 24.9 Å². The third-order valence-electron chi connectivity index (χ3n) is 3.97. The number of thioether (sulfide) groups is 1. The number of hydrogen-bond donors (Lipinski definition) is 1. The van der Waals surface area contributed by atoms with Crippen molar-refractivity contribution in [3.05, 3.63) is 35.1 Å². The van der Waals surface area contributed by atoms with Crippen molar-refractivity contribution in [3.63, 3.8) is 0 Å². The second kappa shape index (κ2) is 11.1. The van der Waals surface area contributed by atoms with Gasteiger partial charge in [0.25, 0.3) is 0 Å². The highest BCUT2D eigenvalue weighted by molar-refractivity contribution is 14.0. The van der Waals surface area contributed by atoms with E-state index < -0.39 is 0 Å². The predicted octanol–water partition coefficient (Wildman–Crippen LogP) is 3.49. The molecule has 0 aromatic heterocycles. The van der Waals surface area contributed by atoms with Crippen LogP contribution in [-0.2, 0) is 17.9 Å². The highest BCUT2D eigenvalue weighted by Gasteiger charge is 2.21. The molecule has 0 saturated carbocycles. The van der Waals surface area contributed by atoms with Gasteiger partial charge in [0, 0.05) is 50.4 Å². The van der Waals surface area contributed by atoms with Crippen LogP contribution in [0.15, 0.2) is 23.2 Å². The third-order valence-corrected chi connectivity index (χ3v) is 5.34. The summed E-state index contributed by atoms with van der Waals surface area (Å²) in [5, 5.41) is 4.06. The summed E-state index contributed by atoms with van der Waals surface area (Å²) in [4.78, 5) is 6.71. The number of aliphatic imine (C=N–C) groups is 1. The second-order valence-corrected chi connectivity index (χ2v) is 7.01. The van der Waals surface area contributed by atoms with Crippen LogP contribution in [0, 0.1) is 5.82 Å². The van der Waals surface area contributed by atoms with Crippen LogP contribution in [0.2, 0.25) is 0 Å². The smallest absolute Gasteiger partial charge is 0.193 e. The Morgan fingerprint density at radius 1 is 1.50 bits per heavy atom. The molecule has 0 spiro atoms. The molecular weight excluding hydrogens is 440 g/mol. The maximum Gasteiger partial charge on any atom is 0.193 e. The van der Waals surface area contributed by atoms with Gasteiger partial charge in [0.1, 0.15) is 5.82 Å². The minimum Gasteiger partial charge on any atom is -0.380 e. The number of ether oxygens (including phenoxy) is 1. The highest BCUT2D eigenvalue weighted by Crippen LogP contribution is 2.21. The van der Waals surface area contributed by atoms with Gasteiger partial charge in [0.15, 0.2) is 5.96 Å². The van der Waals surface area contributed by atoms with Crippen LogP contribution >= 0.6 is 35.7 Å². The molecule has 2 rings (SSSR count). The Kier molecular flexibility index (Phi) is 9.99. The topological polar surface area (TPSA) is 36.9 Å². The third kappa shape index (κ3) is 6.07. The SMILES string of the molecule is CCC1CN(C(=NC)NCc2ccc(F)c(COC)c2)CCS1.I. The van der Waals surface area contributed by atoms with E-state index in [9.17, 15) is 4.39 Å². The molecule has 1 heterocycles. The first-order chi connectivity index (χ1) is 11.2. The molecule has 1 aromatic rings. The first kappa shape index (κ1) is 21.5. The number of benzene rings is 1. The number of nitrogens with one attached hydrogen (secondary N) is 1. The normalized spacial score (nSPS) is 18.2. The van der Waals surface area contributed by atoms with Crippen molar-refractivity contribution in [1.82, 2.24) is 10.2 Å². The number of halogens is 2. The standard InChI is InChI=1S/C17H26FN3OS.HI/c1-4-15-11-21(7-8-23-15)17(19-2)20-10-13-5-6-16(18)14(9-13)12-22-3;/h5-6,9,15H,4,7-8,10-12H2,1-3H3,(H,19,20);1H. The van der Waals surface area contributed by atoms with Crippen LogP contribution in [-0.4, -0.2) is 49.1 Å². The summed E-state index contributed by atoms with van der Waals surface area (Å²) in [7, 11) is 3.39. The first-order valence-electron chi connectivity index (χ1n) is 8.01. The quantitative estimate of drug-likeness (QED) is 0.409. The van der Waals surface area contributed by atoms with Gasteiger partial charge in [0.2, 0.25) is 0 Å². The zero-order valence-electron chi connectivity index (χ0n) is 14.5. The lowest BCUT2D eigenvalue weighted by Gasteiger charge is -2.34. The summed E-state index contributed by atoms with van der Waals surface area (Å²) >= 11 is 2.04. The molecule has 0 amide bonds. The summed E-state index contributed by atoms with van der Waals surface area (Å²) in [6.45, 7) is 5.19. The summed E-state index contributed by atoms with van der Waals surface area (Å²) in [5.74, 6) is 1.83. The summed E-state index contributed by atoms with van der Waals surface area (Å²) in [6.07, 6.45) is 1.18. The molecule has 0 radical (unpaired) electrons. The predicted molar refractivity (Wildman–Crippen MR) is 111 cm³/mol. The molecule has 1 saturated heterocycles. The molecule has 1 aliphatic rings. The maximum absolute atomic E-state index is 13.7. The van der Waals surface area contributed by atoms with E-state index in [4.69, 9.17) is 4.74 Å². The lowest BCUT2D eigenvalue weighted by Crippen LogP contribution is -2.47. The molecule has 4 nitrogen and oxygen atoms in total. The van der Waals surface area contributed by atoms with Crippen molar-refractivity contribution in [2.45, 2.75) is 31.7 Å². The van der Waals surface area contributed by atoms with E-state index in [-0.39, 0.29) is 36.4 Å². The van der Waals surface area contributed by atoms with E-state index in [1.54, 1.807) is 13.2 Å². The minimum atomic E-state index is -0.223. The van der Waals surface area contributed by atoms with Crippen LogP contribution in [0.4, 0.5) is 4.39 Å². The van der Waals surface area contributed by atoms with Gasteiger partial charge in [-0.25, -0.2) is 4.39 Å². The number of hydrogen-bond acceptors (Lipinski definition) is 3. The van der Waals surface area contributed by atoms with Crippen molar-refractivity contribution in [1.29, 1.82) is 0 Å². The molecule has 24 heavy (non-hydrogen) atoms. The van der Waals surface area contributed by atoms with E-state index in [0.29, 0.717) is 17.4 Å². The molecule has 1 unspecified atom stereocenters. The molecule has 1 aromatic carbocycles. The molecule has 136 valence electrons. The average Bonchev–Trinajstić information content (AvgIpc) is 2.58. The molecule has 0 aliphatic carbocycles. The van der Waals surface area contributed by atoms with Gasteiger partial charge in [-0.05, 0) is 24.1 Å². The number of methoxy groups -OCH3 is 1. The Bertz CT molecular complexity index is 545. The summed E-state index contributed by atoms with van der Waals surface area (Å²) in [5.41, 5.74) is 1.61.